The quantitative estimate of drug-likeness (QED) is 0.358. The highest BCUT2D eigenvalue weighted by Crippen LogP contribution is 2.32. The number of aromatic hydroxyl groups is 2. The number of nitro benzene ring substituents is 2. The minimum Gasteiger partial charge on any atom is -0.502 e. The van der Waals surface area contributed by atoms with Gasteiger partial charge in [0, 0.05) is 12.1 Å². The summed E-state index contributed by atoms with van der Waals surface area (Å²) in [6.45, 7) is 3.29. The van der Waals surface area contributed by atoms with Gasteiger partial charge in [0.1, 0.15) is 0 Å². The van der Waals surface area contributed by atoms with Gasteiger partial charge in [-0.1, -0.05) is 25.0 Å². The molecule has 0 bridgehead atoms. The molecule has 2 aromatic rings. The number of hydrogen-bond acceptors (Lipinski definition) is 6. The van der Waals surface area contributed by atoms with Crippen LogP contribution in [0.3, 0.4) is 0 Å². The summed E-state index contributed by atoms with van der Waals surface area (Å²) in [5, 5.41) is 41.4. The van der Waals surface area contributed by atoms with Crippen molar-refractivity contribution >= 4 is 11.4 Å². The molecule has 0 aliphatic rings. The zero-order valence-corrected chi connectivity index (χ0v) is 16.0. The fourth-order valence-electron chi connectivity index (χ4n) is 3.25. The SMILES string of the molecule is Cc1cc(CCCCCCc2cc(C)c(O)c([N+](=O)[O-])c2)cc([N+](=O)[O-])c1O. The Morgan fingerprint density at radius 3 is 1.39 bits per heavy atom. The molecule has 150 valence electrons. The van der Waals surface area contributed by atoms with Gasteiger partial charge in [0.25, 0.3) is 0 Å². The smallest absolute Gasteiger partial charge is 0.311 e. The van der Waals surface area contributed by atoms with Gasteiger partial charge in [0.2, 0.25) is 0 Å². The summed E-state index contributed by atoms with van der Waals surface area (Å²) < 4.78 is 0. The fourth-order valence-corrected chi connectivity index (χ4v) is 3.25. The summed E-state index contributed by atoms with van der Waals surface area (Å²) in [4.78, 5) is 20.8. The highest BCUT2D eigenvalue weighted by Gasteiger charge is 2.17. The summed E-state index contributed by atoms with van der Waals surface area (Å²) in [6, 6.07) is 6.36. The Bertz CT molecular complexity index is 821. The van der Waals surface area contributed by atoms with Crippen molar-refractivity contribution in [2.24, 2.45) is 0 Å². The molecule has 8 nitrogen and oxygen atoms in total. The number of phenolic OH excluding ortho intramolecular Hbond substituents is 2. The largest absolute Gasteiger partial charge is 0.502 e. The van der Waals surface area contributed by atoms with Crippen molar-refractivity contribution in [2.75, 3.05) is 0 Å². The van der Waals surface area contributed by atoms with E-state index in [0.717, 1.165) is 36.8 Å². The molecule has 0 atom stereocenters. The van der Waals surface area contributed by atoms with Crippen molar-refractivity contribution in [1.29, 1.82) is 0 Å². The monoisotopic (exact) mass is 388 g/mol. The maximum Gasteiger partial charge on any atom is 0.311 e. The van der Waals surface area contributed by atoms with Crippen LogP contribution in [0.15, 0.2) is 24.3 Å². The highest BCUT2D eigenvalue weighted by molar-refractivity contribution is 5.53. The molecule has 0 saturated heterocycles. The maximum atomic E-state index is 11.0. The van der Waals surface area contributed by atoms with Gasteiger partial charge in [0.05, 0.1) is 9.85 Å². The zero-order chi connectivity index (χ0) is 20.8. The third kappa shape index (κ3) is 5.18. The van der Waals surface area contributed by atoms with Gasteiger partial charge >= 0.3 is 11.4 Å². The van der Waals surface area contributed by atoms with Crippen LogP contribution in [0.1, 0.15) is 47.9 Å². The van der Waals surface area contributed by atoms with Crippen LogP contribution in [0.25, 0.3) is 0 Å². The molecule has 0 aliphatic heterocycles. The van der Waals surface area contributed by atoms with Crippen LogP contribution < -0.4 is 0 Å². The van der Waals surface area contributed by atoms with Crippen molar-refractivity contribution < 1.29 is 20.1 Å². The third-order valence-corrected chi connectivity index (χ3v) is 4.75. The first kappa shape index (κ1) is 21.1. The Morgan fingerprint density at radius 1 is 0.714 bits per heavy atom. The van der Waals surface area contributed by atoms with E-state index in [1.54, 1.807) is 26.0 Å². The molecule has 2 N–H and O–H groups in total. The Hall–Kier alpha value is -3.16. The van der Waals surface area contributed by atoms with Crippen LogP contribution in [0.4, 0.5) is 11.4 Å². The Labute approximate surface area is 162 Å². The van der Waals surface area contributed by atoms with Crippen LogP contribution >= 0.6 is 0 Å². The van der Waals surface area contributed by atoms with E-state index in [-0.39, 0.29) is 22.9 Å². The lowest BCUT2D eigenvalue weighted by atomic mass is 10.00. The van der Waals surface area contributed by atoms with Crippen molar-refractivity contribution in [1.82, 2.24) is 0 Å². The molecular weight excluding hydrogens is 364 g/mol. The summed E-state index contributed by atoms with van der Waals surface area (Å²) in [5.74, 6) is -0.570. The van der Waals surface area contributed by atoms with E-state index in [1.165, 1.54) is 12.1 Å². The zero-order valence-electron chi connectivity index (χ0n) is 16.0. The van der Waals surface area contributed by atoms with Crippen molar-refractivity contribution in [3.8, 4) is 11.5 Å². The van der Waals surface area contributed by atoms with Crippen LogP contribution in [-0.4, -0.2) is 20.1 Å². The molecule has 8 heteroatoms. The molecule has 0 radical (unpaired) electrons. The molecule has 0 amide bonds. The van der Waals surface area contributed by atoms with E-state index < -0.39 is 9.85 Å². The number of aryl methyl sites for hydroxylation is 4. The molecule has 0 aliphatic carbocycles. The van der Waals surface area contributed by atoms with Gasteiger partial charge < -0.3 is 10.2 Å². The minimum atomic E-state index is -0.579. The van der Waals surface area contributed by atoms with E-state index in [1.807, 2.05) is 0 Å². The number of rotatable bonds is 9. The predicted molar refractivity (Wildman–Crippen MR) is 105 cm³/mol. The first-order chi connectivity index (χ1) is 13.2. The number of phenols is 2. The summed E-state index contributed by atoms with van der Waals surface area (Å²) >= 11 is 0. The fraction of sp³-hybridized carbons (Fsp3) is 0.400. The maximum absolute atomic E-state index is 11.0. The van der Waals surface area contributed by atoms with Crippen molar-refractivity contribution in [2.45, 2.75) is 52.4 Å². The Kier molecular flexibility index (Phi) is 6.92. The van der Waals surface area contributed by atoms with Gasteiger partial charge in [-0.05, 0) is 61.8 Å². The van der Waals surface area contributed by atoms with E-state index >= 15 is 0 Å². The van der Waals surface area contributed by atoms with E-state index in [0.29, 0.717) is 24.0 Å². The Balaban J connectivity index is 1.83. The third-order valence-electron chi connectivity index (χ3n) is 4.75. The molecular formula is C20H24N2O6. The summed E-state index contributed by atoms with van der Waals surface area (Å²) in [7, 11) is 0. The average Bonchev–Trinajstić information content (AvgIpc) is 2.62. The van der Waals surface area contributed by atoms with Gasteiger partial charge in [-0.3, -0.25) is 20.2 Å². The van der Waals surface area contributed by atoms with Crippen LogP contribution in [0.2, 0.25) is 0 Å². The standard InChI is InChI=1S/C20H24N2O6/c1-13-9-15(11-17(19(13)23)21(25)26)7-5-3-4-6-8-16-10-14(2)20(24)18(12-16)22(27)28/h9-12,23-24H,3-8H2,1-2H3. The number of nitro groups is 2. The molecule has 2 aromatic carbocycles. The number of nitrogens with zero attached hydrogens (tertiary/aromatic N) is 2. The van der Waals surface area contributed by atoms with E-state index in [9.17, 15) is 30.4 Å². The average molecular weight is 388 g/mol. The lowest BCUT2D eigenvalue weighted by Crippen LogP contribution is -1.95. The molecule has 0 spiro atoms. The van der Waals surface area contributed by atoms with Crippen LogP contribution in [0.5, 0.6) is 11.5 Å². The second-order valence-electron chi connectivity index (χ2n) is 6.99. The van der Waals surface area contributed by atoms with Crippen LogP contribution in [0, 0.1) is 34.1 Å². The summed E-state index contributed by atoms with van der Waals surface area (Å²) in [5.41, 5.74) is 2.11. The second-order valence-corrected chi connectivity index (χ2v) is 6.99. The van der Waals surface area contributed by atoms with Crippen molar-refractivity contribution in [3.63, 3.8) is 0 Å². The molecule has 28 heavy (non-hydrogen) atoms. The molecule has 0 saturated carbocycles. The number of benzene rings is 2. The molecule has 0 aromatic heterocycles. The normalized spacial score (nSPS) is 10.8. The first-order valence-corrected chi connectivity index (χ1v) is 9.14. The van der Waals surface area contributed by atoms with E-state index in [4.69, 9.17) is 0 Å². The predicted octanol–water partition coefficient (Wildman–Crippen LogP) is 4.88. The Morgan fingerprint density at radius 2 is 1.07 bits per heavy atom. The van der Waals surface area contributed by atoms with Gasteiger partial charge in [-0.2, -0.15) is 0 Å². The van der Waals surface area contributed by atoms with Gasteiger partial charge in [-0.25, -0.2) is 0 Å². The highest BCUT2D eigenvalue weighted by atomic mass is 16.6. The molecule has 0 heterocycles. The number of hydrogen-bond donors (Lipinski definition) is 2. The summed E-state index contributed by atoms with van der Waals surface area (Å²) in [6.07, 6.45) is 4.93. The van der Waals surface area contributed by atoms with Gasteiger partial charge in [0.15, 0.2) is 11.5 Å². The molecule has 0 fully saturated rings. The van der Waals surface area contributed by atoms with Crippen LogP contribution in [-0.2, 0) is 12.8 Å². The minimum absolute atomic E-state index is 0.265. The molecule has 0 unspecified atom stereocenters. The first-order valence-electron chi connectivity index (χ1n) is 9.14. The molecule has 2 rings (SSSR count). The second kappa shape index (κ2) is 9.16. The lowest BCUT2D eigenvalue weighted by Gasteiger charge is -2.07. The van der Waals surface area contributed by atoms with E-state index in [2.05, 4.69) is 0 Å². The topological polar surface area (TPSA) is 127 Å². The lowest BCUT2D eigenvalue weighted by molar-refractivity contribution is -0.386. The van der Waals surface area contributed by atoms with Crippen molar-refractivity contribution in [3.05, 3.63) is 66.7 Å². The number of unbranched alkanes of at least 4 members (excludes halogenated alkanes) is 3. The van der Waals surface area contributed by atoms with Gasteiger partial charge in [-0.15, -0.1) is 0 Å².